The maximum absolute atomic E-state index is 13.2. The fourth-order valence-corrected chi connectivity index (χ4v) is 6.00. The molecule has 3 aliphatic rings. The molecule has 2 saturated heterocycles. The number of amides is 3. The average molecular weight is 444 g/mol. The maximum Gasteiger partial charge on any atom is 0.332 e. The number of ketones is 1. The van der Waals surface area contributed by atoms with E-state index in [1.165, 1.54) is 22.9 Å². The van der Waals surface area contributed by atoms with Crippen molar-refractivity contribution < 1.29 is 14.4 Å². The van der Waals surface area contributed by atoms with E-state index in [1.54, 1.807) is 11.1 Å². The van der Waals surface area contributed by atoms with Crippen LogP contribution in [0.25, 0.3) is 0 Å². The van der Waals surface area contributed by atoms with Crippen LogP contribution in [0.15, 0.2) is 29.4 Å². The smallest absolute Gasteiger partial charge is 0.332 e. The minimum Gasteiger partial charge on any atom is -0.350 e. The number of likely N-dealkylation sites (tertiary alicyclic amines) is 1. The van der Waals surface area contributed by atoms with Gasteiger partial charge in [0.25, 0.3) is 0 Å². The van der Waals surface area contributed by atoms with Gasteiger partial charge in [-0.15, -0.1) is 11.8 Å². The zero-order valence-electron chi connectivity index (χ0n) is 17.5. The Morgan fingerprint density at radius 2 is 2.06 bits per heavy atom. The van der Waals surface area contributed by atoms with E-state index in [4.69, 9.17) is 5.73 Å². The zero-order valence-corrected chi connectivity index (χ0v) is 18.3. The molecule has 0 spiro atoms. The number of carbonyl (C=O) groups excluding carboxylic acids is 3. The van der Waals surface area contributed by atoms with Gasteiger partial charge >= 0.3 is 6.03 Å². The summed E-state index contributed by atoms with van der Waals surface area (Å²) < 4.78 is 0. The van der Waals surface area contributed by atoms with Gasteiger partial charge in [0.2, 0.25) is 5.91 Å². The molecule has 1 aromatic rings. The number of benzene rings is 1. The van der Waals surface area contributed by atoms with Crippen LogP contribution in [0.4, 0.5) is 4.79 Å². The van der Waals surface area contributed by atoms with E-state index in [0.29, 0.717) is 24.8 Å². The summed E-state index contributed by atoms with van der Waals surface area (Å²) in [4.78, 5) is 39.0. The number of primary amides is 1. The van der Waals surface area contributed by atoms with E-state index in [1.807, 2.05) is 0 Å². The molecule has 4 rings (SSSR count). The molecule has 2 heterocycles. The second-order valence-electron chi connectivity index (χ2n) is 8.46. The second kappa shape index (κ2) is 9.82. The van der Waals surface area contributed by atoms with Crippen LogP contribution in [0.2, 0.25) is 0 Å². The molecular weight excluding hydrogens is 414 g/mol. The quantitative estimate of drug-likeness (QED) is 0.454. The zero-order chi connectivity index (χ0) is 21.8. The fraction of sp³-hybridized carbons (Fsp3) is 0.545. The Kier molecular flexibility index (Phi) is 6.92. The topological polar surface area (TPSA) is 117 Å². The third-order valence-electron chi connectivity index (χ3n) is 6.39. The molecule has 0 aromatic heterocycles. The van der Waals surface area contributed by atoms with Crippen LogP contribution in [0.5, 0.6) is 0 Å². The Bertz CT molecular complexity index is 876. The number of nitrogens with one attached hydrogen (secondary N) is 2. The van der Waals surface area contributed by atoms with Crippen LogP contribution in [0.1, 0.15) is 36.8 Å². The molecule has 0 saturated carbocycles. The predicted molar refractivity (Wildman–Crippen MR) is 121 cm³/mol. The Labute approximate surface area is 186 Å². The molecule has 4 N–H and O–H groups in total. The van der Waals surface area contributed by atoms with Gasteiger partial charge in [0.1, 0.15) is 11.8 Å². The summed E-state index contributed by atoms with van der Waals surface area (Å²) in [6, 6.07) is 7.02. The molecule has 2 fully saturated rings. The summed E-state index contributed by atoms with van der Waals surface area (Å²) in [6.07, 6.45) is 6.67. The van der Waals surface area contributed by atoms with Crippen molar-refractivity contribution in [3.63, 3.8) is 0 Å². The number of hydrogen-bond acceptors (Lipinski definition) is 6. The molecule has 2 aliphatic heterocycles. The molecule has 1 aliphatic carbocycles. The first-order valence-corrected chi connectivity index (χ1v) is 11.9. The Morgan fingerprint density at radius 3 is 2.87 bits per heavy atom. The van der Waals surface area contributed by atoms with Gasteiger partial charge in [0.15, 0.2) is 0 Å². The van der Waals surface area contributed by atoms with Crippen LogP contribution < -0.4 is 16.5 Å². The van der Waals surface area contributed by atoms with E-state index < -0.39 is 12.1 Å². The highest BCUT2D eigenvalue weighted by Crippen LogP contribution is 2.32. The van der Waals surface area contributed by atoms with E-state index in [9.17, 15) is 14.4 Å². The van der Waals surface area contributed by atoms with Gasteiger partial charge in [-0.25, -0.2) is 10.2 Å². The number of hydrogen-bond donors (Lipinski definition) is 3. The number of Topliss-reactive ketones (excluding diaryl/α,β-unsaturated/α-hetero) is 1. The van der Waals surface area contributed by atoms with E-state index in [2.05, 4.69) is 40.1 Å². The number of nitrogens with two attached hydrogens (primary N) is 1. The van der Waals surface area contributed by atoms with Gasteiger partial charge in [-0.2, -0.15) is 5.10 Å². The highest BCUT2D eigenvalue weighted by Gasteiger charge is 2.42. The lowest BCUT2D eigenvalue weighted by Crippen LogP contribution is -2.51. The summed E-state index contributed by atoms with van der Waals surface area (Å²) in [5.41, 5.74) is 9.95. The SMILES string of the molecule is NC(=O)NN=C[C@@H]1CCCN1C(=O)[C@H]1NCSC1C(=O)C[C@H]1CCc2ccccc2C1. The van der Waals surface area contributed by atoms with Crippen molar-refractivity contribution >= 4 is 35.7 Å². The highest BCUT2D eigenvalue weighted by molar-refractivity contribution is 8.00. The van der Waals surface area contributed by atoms with Crippen LogP contribution in [0.3, 0.4) is 0 Å². The van der Waals surface area contributed by atoms with Crippen molar-refractivity contribution in [2.75, 3.05) is 12.4 Å². The second-order valence-corrected chi connectivity index (χ2v) is 9.59. The van der Waals surface area contributed by atoms with Crippen molar-refractivity contribution in [1.29, 1.82) is 0 Å². The molecule has 3 amide bonds. The largest absolute Gasteiger partial charge is 0.350 e. The van der Waals surface area contributed by atoms with E-state index in [0.717, 1.165) is 32.1 Å². The number of rotatable bonds is 6. The lowest BCUT2D eigenvalue weighted by Gasteiger charge is -2.28. The predicted octanol–water partition coefficient (Wildman–Crippen LogP) is 1.43. The third kappa shape index (κ3) is 5.10. The van der Waals surface area contributed by atoms with Crippen molar-refractivity contribution in [3.05, 3.63) is 35.4 Å². The molecule has 8 nitrogen and oxygen atoms in total. The van der Waals surface area contributed by atoms with Crippen molar-refractivity contribution in [2.45, 2.75) is 55.9 Å². The molecule has 31 heavy (non-hydrogen) atoms. The Hall–Kier alpha value is -2.39. The number of thioether (sulfide) groups is 1. The van der Waals surface area contributed by atoms with Gasteiger partial charge < -0.3 is 10.6 Å². The molecule has 0 bridgehead atoms. The van der Waals surface area contributed by atoms with Gasteiger partial charge in [-0.1, -0.05) is 24.3 Å². The van der Waals surface area contributed by atoms with Crippen molar-refractivity contribution in [1.82, 2.24) is 15.6 Å². The lowest BCUT2D eigenvalue weighted by molar-refractivity contribution is -0.135. The summed E-state index contributed by atoms with van der Waals surface area (Å²) >= 11 is 1.53. The summed E-state index contributed by atoms with van der Waals surface area (Å²) in [6.45, 7) is 0.620. The van der Waals surface area contributed by atoms with Gasteiger partial charge in [-0.05, 0) is 49.1 Å². The first-order valence-electron chi connectivity index (χ1n) is 10.9. The Balaban J connectivity index is 1.37. The van der Waals surface area contributed by atoms with Crippen molar-refractivity contribution in [2.24, 2.45) is 16.8 Å². The minimum absolute atomic E-state index is 0.0645. The van der Waals surface area contributed by atoms with E-state index >= 15 is 0 Å². The molecular formula is C22H29N5O3S. The number of fused-ring (bicyclic) bond motifs is 1. The number of urea groups is 1. The first-order chi connectivity index (χ1) is 15.0. The summed E-state index contributed by atoms with van der Waals surface area (Å²) in [7, 11) is 0. The standard InChI is InChI=1S/C22H29N5O3S/c23-22(30)26-25-12-17-6-3-9-27(17)21(29)19-20(31-13-24-19)18(28)11-14-7-8-15-4-1-2-5-16(15)10-14/h1-2,4-5,12,14,17,19-20,24H,3,6-11,13H2,(H3,23,26,30)/t14-,17-,19-,20?/m0/s1. The molecule has 1 aromatic carbocycles. The number of nitrogens with zero attached hydrogens (tertiary/aromatic N) is 2. The van der Waals surface area contributed by atoms with Crippen molar-refractivity contribution in [3.8, 4) is 0 Å². The average Bonchev–Trinajstić information content (AvgIpc) is 3.43. The van der Waals surface area contributed by atoms with Crippen LogP contribution in [-0.4, -0.2) is 58.6 Å². The number of hydrazone groups is 1. The summed E-state index contributed by atoms with van der Waals surface area (Å²) in [5.74, 6) is 1.03. The molecule has 166 valence electrons. The third-order valence-corrected chi connectivity index (χ3v) is 7.62. The minimum atomic E-state index is -0.739. The number of carbonyl (C=O) groups is 3. The molecule has 1 unspecified atom stereocenters. The number of aryl methyl sites for hydroxylation is 1. The van der Waals surface area contributed by atoms with E-state index in [-0.39, 0.29) is 23.0 Å². The van der Waals surface area contributed by atoms with Crippen LogP contribution >= 0.6 is 11.8 Å². The summed E-state index contributed by atoms with van der Waals surface area (Å²) in [5, 5.41) is 6.70. The molecule has 9 heteroatoms. The monoisotopic (exact) mass is 443 g/mol. The lowest BCUT2D eigenvalue weighted by atomic mass is 9.81. The van der Waals surface area contributed by atoms with Gasteiger partial charge in [-0.3, -0.25) is 14.9 Å². The molecule has 0 radical (unpaired) electrons. The first kappa shape index (κ1) is 21.8. The van der Waals surface area contributed by atoms with Gasteiger partial charge in [0.05, 0.1) is 11.3 Å². The fourth-order valence-electron chi connectivity index (χ4n) is 4.86. The van der Waals surface area contributed by atoms with Crippen LogP contribution in [0, 0.1) is 5.92 Å². The van der Waals surface area contributed by atoms with Crippen LogP contribution in [-0.2, 0) is 22.4 Å². The Morgan fingerprint density at radius 1 is 1.26 bits per heavy atom. The molecule has 4 atom stereocenters. The maximum atomic E-state index is 13.2. The highest BCUT2D eigenvalue weighted by atomic mass is 32.2. The normalized spacial score (nSPS) is 27.9. The van der Waals surface area contributed by atoms with Gasteiger partial charge in [0, 0.05) is 25.1 Å².